The Morgan fingerprint density at radius 1 is 0.840 bits per heavy atom. The number of allylic oxidation sites excluding steroid dienone is 2. The van der Waals surface area contributed by atoms with Crippen LogP contribution in [-0.2, 0) is 6.54 Å². The Morgan fingerprint density at radius 2 is 1.56 bits per heavy atom. The molecule has 1 aliphatic carbocycles. The maximum absolute atomic E-state index is 13.3. The summed E-state index contributed by atoms with van der Waals surface area (Å²) in [5, 5.41) is 4.79. The largest absolute Gasteiger partial charge is 0.378 e. The van der Waals surface area contributed by atoms with Crippen molar-refractivity contribution in [1.29, 1.82) is 0 Å². The molecule has 122 valence electrons. The van der Waals surface area contributed by atoms with Crippen molar-refractivity contribution in [2.45, 2.75) is 6.54 Å². The molecule has 0 unspecified atom stereocenters. The predicted molar refractivity (Wildman–Crippen MR) is 93.9 cm³/mol. The van der Waals surface area contributed by atoms with E-state index in [1.54, 1.807) is 24.3 Å². The van der Waals surface area contributed by atoms with Crippen molar-refractivity contribution in [1.82, 2.24) is 5.32 Å². The fourth-order valence-corrected chi connectivity index (χ4v) is 3.03. The molecular formula is C21H14FNO2. The lowest BCUT2D eigenvalue weighted by Crippen LogP contribution is -2.26. The van der Waals surface area contributed by atoms with Crippen LogP contribution in [0.15, 0.2) is 72.4 Å². The van der Waals surface area contributed by atoms with Crippen molar-refractivity contribution in [3.05, 3.63) is 94.9 Å². The standard InChI is InChI=1S/C21H14FNO2/c22-16-7-3-4-13(8-16)12-23-19-11-20(24)17-9-14-5-1-2-6-15(14)10-18(17)21(19)25/h1-11,23H,12H2. The number of halogens is 1. The zero-order valence-corrected chi connectivity index (χ0v) is 13.3. The van der Waals surface area contributed by atoms with Crippen LogP contribution in [0.1, 0.15) is 26.3 Å². The van der Waals surface area contributed by atoms with Gasteiger partial charge in [0.15, 0.2) is 5.78 Å². The molecule has 3 aromatic rings. The average Bonchev–Trinajstić information content (AvgIpc) is 2.62. The molecule has 0 aromatic heterocycles. The van der Waals surface area contributed by atoms with Gasteiger partial charge in [-0.25, -0.2) is 4.39 Å². The van der Waals surface area contributed by atoms with Gasteiger partial charge in [0, 0.05) is 23.7 Å². The quantitative estimate of drug-likeness (QED) is 0.788. The number of carbonyl (C=O) groups excluding carboxylic acids is 2. The fraction of sp³-hybridized carbons (Fsp3) is 0.0476. The van der Waals surface area contributed by atoms with E-state index in [0.717, 1.165) is 10.8 Å². The fourth-order valence-electron chi connectivity index (χ4n) is 3.03. The van der Waals surface area contributed by atoms with Gasteiger partial charge in [-0.05, 0) is 40.6 Å². The van der Waals surface area contributed by atoms with Gasteiger partial charge in [-0.15, -0.1) is 0 Å². The summed E-state index contributed by atoms with van der Waals surface area (Å²) < 4.78 is 13.3. The number of Topliss-reactive ketones (excluding diaryl/α,β-unsaturated/α-hetero) is 1. The number of carbonyl (C=O) groups is 2. The molecule has 4 rings (SSSR count). The van der Waals surface area contributed by atoms with E-state index < -0.39 is 0 Å². The number of ketones is 2. The molecule has 3 nitrogen and oxygen atoms in total. The maximum Gasteiger partial charge on any atom is 0.209 e. The average molecular weight is 331 g/mol. The molecule has 0 radical (unpaired) electrons. The minimum atomic E-state index is -0.337. The van der Waals surface area contributed by atoms with Crippen molar-refractivity contribution < 1.29 is 14.0 Å². The number of fused-ring (bicyclic) bond motifs is 2. The second-order valence-corrected chi connectivity index (χ2v) is 5.98. The zero-order valence-electron chi connectivity index (χ0n) is 13.3. The SMILES string of the molecule is O=C1C=C(NCc2cccc(F)c2)C(=O)c2cc3ccccc3cc21. The first-order chi connectivity index (χ1) is 12.1. The van der Waals surface area contributed by atoms with E-state index in [1.807, 2.05) is 24.3 Å². The third kappa shape index (κ3) is 2.83. The molecule has 4 heteroatoms. The Balaban J connectivity index is 1.65. The van der Waals surface area contributed by atoms with Crippen molar-refractivity contribution in [2.24, 2.45) is 0 Å². The maximum atomic E-state index is 13.3. The molecule has 0 saturated heterocycles. The minimum Gasteiger partial charge on any atom is -0.378 e. The summed E-state index contributed by atoms with van der Waals surface area (Å²) in [4.78, 5) is 25.2. The number of rotatable bonds is 3. The number of benzene rings is 3. The minimum absolute atomic E-state index is 0.206. The van der Waals surface area contributed by atoms with Gasteiger partial charge in [0.1, 0.15) is 5.82 Å². The predicted octanol–water partition coefficient (Wildman–Crippen LogP) is 4.03. The van der Waals surface area contributed by atoms with Crippen LogP contribution in [0.5, 0.6) is 0 Å². The van der Waals surface area contributed by atoms with Crippen molar-refractivity contribution in [2.75, 3.05) is 0 Å². The molecule has 0 atom stereocenters. The van der Waals surface area contributed by atoms with Crippen LogP contribution in [0.25, 0.3) is 10.8 Å². The normalized spacial score (nSPS) is 13.6. The first-order valence-corrected chi connectivity index (χ1v) is 7.94. The molecule has 0 bridgehead atoms. The summed E-state index contributed by atoms with van der Waals surface area (Å²) in [7, 11) is 0. The van der Waals surface area contributed by atoms with Crippen LogP contribution in [0.2, 0.25) is 0 Å². The molecule has 0 heterocycles. The summed E-state index contributed by atoms with van der Waals surface area (Å²) >= 11 is 0. The molecule has 25 heavy (non-hydrogen) atoms. The van der Waals surface area contributed by atoms with Crippen molar-refractivity contribution in [3.63, 3.8) is 0 Å². The van der Waals surface area contributed by atoms with Gasteiger partial charge in [-0.3, -0.25) is 9.59 Å². The smallest absolute Gasteiger partial charge is 0.209 e. The highest BCUT2D eigenvalue weighted by Crippen LogP contribution is 2.26. The number of hydrogen-bond acceptors (Lipinski definition) is 3. The summed E-state index contributed by atoms with van der Waals surface area (Å²) in [5.41, 5.74) is 1.75. The Labute approximate surface area is 143 Å². The Bertz CT molecular complexity index is 1050. The van der Waals surface area contributed by atoms with Gasteiger partial charge in [0.25, 0.3) is 0 Å². The summed E-state index contributed by atoms with van der Waals surface area (Å²) in [6.07, 6.45) is 1.32. The molecule has 0 fully saturated rings. The third-order valence-electron chi connectivity index (χ3n) is 4.29. The van der Waals surface area contributed by atoms with E-state index in [2.05, 4.69) is 5.32 Å². The summed E-state index contributed by atoms with van der Waals surface area (Å²) in [6.45, 7) is 0.269. The van der Waals surface area contributed by atoms with Gasteiger partial charge >= 0.3 is 0 Å². The molecule has 0 aliphatic heterocycles. The van der Waals surface area contributed by atoms with Crippen LogP contribution in [0, 0.1) is 5.82 Å². The van der Waals surface area contributed by atoms with Crippen LogP contribution >= 0.6 is 0 Å². The number of hydrogen-bond donors (Lipinski definition) is 1. The molecular weight excluding hydrogens is 317 g/mol. The molecule has 0 amide bonds. The lowest BCUT2D eigenvalue weighted by Gasteiger charge is -2.17. The van der Waals surface area contributed by atoms with Gasteiger partial charge in [0.2, 0.25) is 5.78 Å². The molecule has 1 aliphatic rings. The van der Waals surface area contributed by atoms with Crippen molar-refractivity contribution >= 4 is 22.3 Å². The van der Waals surface area contributed by atoms with Gasteiger partial charge in [0.05, 0.1) is 5.70 Å². The molecule has 0 saturated carbocycles. The van der Waals surface area contributed by atoms with E-state index in [4.69, 9.17) is 0 Å². The Hall–Kier alpha value is -3.27. The van der Waals surface area contributed by atoms with E-state index in [0.29, 0.717) is 16.7 Å². The highest BCUT2D eigenvalue weighted by Gasteiger charge is 2.25. The van der Waals surface area contributed by atoms with Crippen LogP contribution in [-0.4, -0.2) is 11.6 Å². The second kappa shape index (κ2) is 5.98. The van der Waals surface area contributed by atoms with E-state index in [1.165, 1.54) is 18.2 Å². The summed E-state index contributed by atoms with van der Waals surface area (Å²) in [6, 6.07) is 17.2. The Kier molecular flexibility index (Phi) is 3.65. The third-order valence-corrected chi connectivity index (χ3v) is 4.29. The monoisotopic (exact) mass is 331 g/mol. The first kappa shape index (κ1) is 15.3. The molecule has 3 aromatic carbocycles. The summed E-state index contributed by atoms with van der Waals surface area (Å²) in [5.74, 6) is -0.769. The van der Waals surface area contributed by atoms with E-state index in [9.17, 15) is 14.0 Å². The number of nitrogens with one attached hydrogen (secondary N) is 1. The zero-order chi connectivity index (χ0) is 17.4. The molecule has 1 N–H and O–H groups in total. The van der Waals surface area contributed by atoms with Crippen LogP contribution < -0.4 is 5.32 Å². The highest BCUT2D eigenvalue weighted by molar-refractivity contribution is 6.25. The lowest BCUT2D eigenvalue weighted by atomic mass is 9.90. The van der Waals surface area contributed by atoms with Crippen LogP contribution in [0.4, 0.5) is 4.39 Å². The molecule has 0 spiro atoms. The van der Waals surface area contributed by atoms with E-state index >= 15 is 0 Å². The van der Waals surface area contributed by atoms with E-state index in [-0.39, 0.29) is 29.6 Å². The van der Waals surface area contributed by atoms with Crippen molar-refractivity contribution in [3.8, 4) is 0 Å². The van der Waals surface area contributed by atoms with Gasteiger partial charge in [-0.1, -0.05) is 36.4 Å². The second-order valence-electron chi connectivity index (χ2n) is 5.98. The first-order valence-electron chi connectivity index (χ1n) is 7.94. The highest BCUT2D eigenvalue weighted by atomic mass is 19.1. The van der Waals surface area contributed by atoms with Crippen LogP contribution in [0.3, 0.4) is 0 Å². The topological polar surface area (TPSA) is 46.2 Å². The van der Waals surface area contributed by atoms with Gasteiger partial charge < -0.3 is 5.32 Å². The van der Waals surface area contributed by atoms with Gasteiger partial charge in [-0.2, -0.15) is 0 Å². The Morgan fingerprint density at radius 3 is 2.28 bits per heavy atom. The lowest BCUT2D eigenvalue weighted by molar-refractivity contribution is 0.0978.